The fourth-order valence-corrected chi connectivity index (χ4v) is 6.07. The van der Waals surface area contributed by atoms with E-state index in [-0.39, 0.29) is 30.4 Å². The molecule has 2 amide bonds. The Hall–Kier alpha value is -3.05. The molecule has 37 heavy (non-hydrogen) atoms. The number of fused-ring (bicyclic) bond motifs is 1. The number of likely N-dealkylation sites (tertiary alicyclic amines) is 1. The van der Waals surface area contributed by atoms with Gasteiger partial charge in [0.05, 0.1) is 16.5 Å². The van der Waals surface area contributed by atoms with Crippen molar-refractivity contribution in [3.63, 3.8) is 0 Å². The molecule has 2 aliphatic rings. The summed E-state index contributed by atoms with van der Waals surface area (Å²) in [5, 5.41) is 6.43. The number of ether oxygens (including phenoxy) is 1. The molecule has 3 heterocycles. The van der Waals surface area contributed by atoms with Crippen LogP contribution in [0.3, 0.4) is 0 Å². The fourth-order valence-electron chi connectivity index (χ4n) is 4.76. The van der Waals surface area contributed by atoms with Crippen LogP contribution >= 0.6 is 0 Å². The number of rotatable bonds is 11. The second-order valence-corrected chi connectivity index (χ2v) is 11.2. The molecule has 2 N–H and O–H groups in total. The van der Waals surface area contributed by atoms with Crippen molar-refractivity contribution in [1.82, 2.24) is 20.2 Å². The van der Waals surface area contributed by atoms with E-state index in [9.17, 15) is 13.8 Å². The van der Waals surface area contributed by atoms with Crippen LogP contribution in [-0.2, 0) is 31.5 Å². The third-order valence-electron chi connectivity index (χ3n) is 6.89. The Balaban J connectivity index is 1.48. The van der Waals surface area contributed by atoms with Crippen LogP contribution in [0.5, 0.6) is 0 Å². The van der Waals surface area contributed by atoms with Crippen LogP contribution in [-0.4, -0.2) is 90.1 Å². The summed E-state index contributed by atoms with van der Waals surface area (Å²) in [5.74, 6) is 1.85. The summed E-state index contributed by atoms with van der Waals surface area (Å²) >= 11 is 0. The predicted octanol–water partition coefficient (Wildman–Crippen LogP) is 1.55. The molecule has 2 unspecified atom stereocenters. The summed E-state index contributed by atoms with van der Waals surface area (Å²) in [7, 11) is 4.13. The zero-order chi connectivity index (χ0) is 26.4. The van der Waals surface area contributed by atoms with Gasteiger partial charge in [-0.15, -0.1) is 0 Å². The summed E-state index contributed by atoms with van der Waals surface area (Å²) in [5.41, 5.74) is 1.97. The summed E-state index contributed by atoms with van der Waals surface area (Å²) in [4.78, 5) is 37.9. The van der Waals surface area contributed by atoms with Gasteiger partial charge in [0.25, 0.3) is 0 Å². The summed E-state index contributed by atoms with van der Waals surface area (Å²) in [6.45, 7) is 1.79. The van der Waals surface area contributed by atoms with E-state index >= 15 is 0 Å². The number of hydrogen-bond donors (Lipinski definition) is 2. The molecular weight excluding hydrogens is 492 g/mol. The Morgan fingerprint density at radius 1 is 1.27 bits per heavy atom. The molecule has 10 nitrogen and oxygen atoms in total. The van der Waals surface area contributed by atoms with Crippen molar-refractivity contribution in [2.75, 3.05) is 63.4 Å². The SMILES string of the molecule is COCC(=O)NCC(CCN(C)c1nc2c(c(N[C@H]3CCC(=O)N(C)C3)n1)S(=O)CC2)c1ccccc1. The van der Waals surface area contributed by atoms with Gasteiger partial charge in [-0.3, -0.25) is 13.8 Å². The first-order chi connectivity index (χ1) is 17.9. The Morgan fingerprint density at radius 2 is 2.05 bits per heavy atom. The van der Waals surface area contributed by atoms with Gasteiger partial charge in [-0.05, 0) is 18.4 Å². The maximum absolute atomic E-state index is 12.7. The lowest BCUT2D eigenvalue weighted by Crippen LogP contribution is -2.43. The number of aromatic nitrogens is 2. The molecule has 2 aromatic rings. The third-order valence-corrected chi connectivity index (χ3v) is 8.35. The molecule has 200 valence electrons. The van der Waals surface area contributed by atoms with Gasteiger partial charge in [0.2, 0.25) is 17.8 Å². The third kappa shape index (κ3) is 6.84. The molecule has 0 spiro atoms. The number of carbonyl (C=O) groups is 2. The van der Waals surface area contributed by atoms with Gasteiger partial charge in [0.1, 0.15) is 17.3 Å². The van der Waals surface area contributed by atoms with Gasteiger partial charge < -0.3 is 25.2 Å². The highest BCUT2D eigenvalue weighted by Gasteiger charge is 2.30. The van der Waals surface area contributed by atoms with Gasteiger partial charge >= 0.3 is 0 Å². The molecule has 1 saturated heterocycles. The molecule has 1 fully saturated rings. The van der Waals surface area contributed by atoms with Gasteiger partial charge in [-0.1, -0.05) is 30.3 Å². The topological polar surface area (TPSA) is 117 Å². The van der Waals surface area contributed by atoms with Crippen molar-refractivity contribution >= 4 is 34.4 Å². The zero-order valence-corrected chi connectivity index (χ0v) is 22.6. The van der Waals surface area contributed by atoms with Crippen LogP contribution in [0.15, 0.2) is 35.2 Å². The number of likely N-dealkylation sites (N-methyl/N-ethyl adjacent to an activating group) is 1. The molecule has 0 aliphatic carbocycles. The van der Waals surface area contributed by atoms with Crippen molar-refractivity contribution in [2.24, 2.45) is 0 Å². The number of anilines is 2. The average Bonchev–Trinajstić information content (AvgIpc) is 3.27. The Morgan fingerprint density at radius 3 is 2.78 bits per heavy atom. The molecule has 11 heteroatoms. The number of carbonyl (C=O) groups excluding carboxylic acids is 2. The van der Waals surface area contributed by atoms with E-state index in [0.717, 1.165) is 17.7 Å². The first-order valence-electron chi connectivity index (χ1n) is 12.7. The van der Waals surface area contributed by atoms with E-state index < -0.39 is 10.8 Å². The minimum Gasteiger partial charge on any atom is -0.375 e. The van der Waals surface area contributed by atoms with Crippen LogP contribution in [0, 0.1) is 0 Å². The van der Waals surface area contributed by atoms with Gasteiger partial charge in [0, 0.05) is 71.4 Å². The van der Waals surface area contributed by atoms with E-state index in [1.54, 1.807) is 11.9 Å². The molecule has 0 saturated carbocycles. The highest BCUT2D eigenvalue weighted by Crippen LogP contribution is 2.31. The molecule has 1 aromatic carbocycles. The second-order valence-electron chi connectivity index (χ2n) is 9.66. The predicted molar refractivity (Wildman–Crippen MR) is 143 cm³/mol. The first-order valence-corrected chi connectivity index (χ1v) is 14.0. The van der Waals surface area contributed by atoms with Crippen LogP contribution < -0.4 is 15.5 Å². The molecule has 1 aromatic heterocycles. The fraction of sp³-hybridized carbons (Fsp3) is 0.538. The van der Waals surface area contributed by atoms with Crippen LogP contribution in [0.25, 0.3) is 0 Å². The van der Waals surface area contributed by atoms with E-state index in [0.29, 0.717) is 61.3 Å². The number of amides is 2. The number of aryl methyl sites for hydroxylation is 1. The second kappa shape index (κ2) is 12.5. The van der Waals surface area contributed by atoms with Crippen LogP contribution in [0.4, 0.5) is 11.8 Å². The van der Waals surface area contributed by atoms with Crippen LogP contribution in [0.1, 0.15) is 36.4 Å². The Bertz CT molecular complexity index is 1130. The van der Waals surface area contributed by atoms with Gasteiger partial charge in [-0.25, -0.2) is 4.98 Å². The summed E-state index contributed by atoms with van der Waals surface area (Å²) in [6.07, 6.45) is 2.63. The van der Waals surface area contributed by atoms with Crippen molar-refractivity contribution in [3.8, 4) is 0 Å². The maximum Gasteiger partial charge on any atom is 0.246 e. The van der Waals surface area contributed by atoms with Crippen molar-refractivity contribution in [3.05, 3.63) is 41.6 Å². The monoisotopic (exact) mass is 528 g/mol. The quantitative estimate of drug-likeness (QED) is 0.451. The lowest BCUT2D eigenvalue weighted by atomic mass is 9.95. The highest BCUT2D eigenvalue weighted by molar-refractivity contribution is 7.85. The normalized spacial score (nSPS) is 19.9. The molecule has 3 atom stereocenters. The number of nitrogens with one attached hydrogen (secondary N) is 2. The Labute approximate surface area is 220 Å². The van der Waals surface area contributed by atoms with Crippen molar-refractivity contribution in [1.29, 1.82) is 0 Å². The number of benzene rings is 1. The molecular formula is C26H36N6O4S. The number of nitrogens with zero attached hydrogens (tertiary/aromatic N) is 4. The minimum absolute atomic E-state index is 0.0342. The van der Waals surface area contributed by atoms with E-state index in [2.05, 4.69) is 22.8 Å². The van der Waals surface area contributed by atoms with Crippen LogP contribution in [0.2, 0.25) is 0 Å². The van der Waals surface area contributed by atoms with E-state index in [4.69, 9.17) is 14.7 Å². The first kappa shape index (κ1) is 27.0. The molecule has 0 radical (unpaired) electrons. The highest BCUT2D eigenvalue weighted by atomic mass is 32.2. The Kier molecular flexibility index (Phi) is 9.09. The number of piperidine rings is 1. The van der Waals surface area contributed by atoms with E-state index in [1.165, 1.54) is 7.11 Å². The lowest BCUT2D eigenvalue weighted by Gasteiger charge is -2.31. The largest absolute Gasteiger partial charge is 0.375 e. The average molecular weight is 529 g/mol. The van der Waals surface area contributed by atoms with Crippen molar-refractivity contribution < 1.29 is 18.5 Å². The summed E-state index contributed by atoms with van der Waals surface area (Å²) in [6, 6.07) is 10.2. The maximum atomic E-state index is 12.7. The molecule has 4 rings (SSSR count). The lowest BCUT2D eigenvalue weighted by molar-refractivity contribution is -0.132. The van der Waals surface area contributed by atoms with Crippen molar-refractivity contribution in [2.45, 2.75) is 42.5 Å². The number of methoxy groups -OCH3 is 1. The summed E-state index contributed by atoms with van der Waals surface area (Å²) < 4.78 is 17.7. The minimum atomic E-state index is -1.13. The number of hydrogen-bond acceptors (Lipinski definition) is 8. The standard InChI is InChI=1S/C26H36N6O4S/c1-31(13-11-19(15-27-22(33)17-36-3)18-7-5-4-6-8-18)26-29-21-12-14-37(35)24(21)25(30-26)28-20-9-10-23(34)32(2)16-20/h4-8,19-20H,9-17H2,1-3H3,(H,27,33)(H,28,29,30)/t19?,20-,37?/m0/s1. The molecule has 0 bridgehead atoms. The smallest absolute Gasteiger partial charge is 0.246 e. The van der Waals surface area contributed by atoms with Gasteiger partial charge in [-0.2, -0.15) is 4.98 Å². The molecule has 2 aliphatic heterocycles. The van der Waals surface area contributed by atoms with E-state index in [1.807, 2.05) is 30.1 Å². The zero-order valence-electron chi connectivity index (χ0n) is 21.7. The van der Waals surface area contributed by atoms with Gasteiger partial charge in [0.15, 0.2) is 0 Å².